The number of anilines is 1. The van der Waals surface area contributed by atoms with Gasteiger partial charge in [-0.25, -0.2) is 9.00 Å². The Morgan fingerprint density at radius 2 is 1.91 bits per heavy atom. The number of hydrogen-bond donors (Lipinski definition) is 3. The highest BCUT2D eigenvalue weighted by atomic mass is 32.2. The molecule has 0 fully saturated rings. The Morgan fingerprint density at radius 3 is 2.41 bits per heavy atom. The number of alkyl halides is 3. The largest absolute Gasteiger partial charge is 0.475 e. The van der Waals surface area contributed by atoms with Crippen molar-refractivity contribution in [2.75, 3.05) is 11.9 Å². The number of aliphatic hydroxyl groups excluding tert-OH is 1. The van der Waals surface area contributed by atoms with Gasteiger partial charge in [0.1, 0.15) is 0 Å². The molecule has 1 rings (SSSR count). The second-order valence-corrected chi connectivity index (χ2v) is 5.99. The zero-order valence-electron chi connectivity index (χ0n) is 11.8. The van der Waals surface area contributed by atoms with E-state index in [4.69, 9.17) is 0 Å². The fraction of sp³-hybridized carbons (Fsp3) is 0.462. The van der Waals surface area contributed by atoms with Gasteiger partial charge in [0, 0.05) is 17.1 Å². The van der Waals surface area contributed by atoms with E-state index in [-0.39, 0.29) is 12.2 Å². The van der Waals surface area contributed by atoms with Crippen molar-refractivity contribution >= 4 is 22.5 Å². The van der Waals surface area contributed by atoms with Gasteiger partial charge in [-0.05, 0) is 30.7 Å². The quantitative estimate of drug-likeness (QED) is 0.746. The Morgan fingerprint density at radius 1 is 1.32 bits per heavy atom. The predicted molar refractivity (Wildman–Crippen MR) is 76.8 cm³/mol. The van der Waals surface area contributed by atoms with Crippen molar-refractivity contribution in [3.63, 3.8) is 0 Å². The highest BCUT2D eigenvalue weighted by Gasteiger charge is 2.37. The van der Waals surface area contributed by atoms with Gasteiger partial charge < -0.3 is 15.7 Å². The van der Waals surface area contributed by atoms with E-state index in [0.717, 1.165) is 18.6 Å². The van der Waals surface area contributed by atoms with Crippen LogP contribution in [0.2, 0.25) is 0 Å². The van der Waals surface area contributed by atoms with Crippen LogP contribution in [0.15, 0.2) is 29.2 Å². The van der Waals surface area contributed by atoms with Crippen molar-refractivity contribution in [1.82, 2.24) is 5.32 Å². The van der Waals surface area contributed by atoms with E-state index in [1.165, 1.54) is 12.1 Å². The van der Waals surface area contributed by atoms with Crippen LogP contribution in [-0.2, 0) is 10.8 Å². The highest BCUT2D eigenvalue weighted by molar-refractivity contribution is 7.86. The lowest BCUT2D eigenvalue weighted by Gasteiger charge is -2.12. The van der Waals surface area contributed by atoms with Crippen molar-refractivity contribution in [2.45, 2.75) is 36.3 Å². The minimum atomic E-state index is -4.82. The van der Waals surface area contributed by atoms with Crippen molar-refractivity contribution in [3.05, 3.63) is 24.3 Å². The molecule has 0 saturated heterocycles. The molecule has 2 amide bonds. The zero-order chi connectivity index (χ0) is 16.8. The van der Waals surface area contributed by atoms with Gasteiger partial charge in [0.15, 0.2) is 10.8 Å². The summed E-state index contributed by atoms with van der Waals surface area (Å²) in [5, 5.41) is 14.3. The SMILES string of the molecule is CCCC(O)CNC(=O)Nc1ccc(S(=O)C(F)(F)F)cc1. The molecule has 0 radical (unpaired) electrons. The van der Waals surface area contributed by atoms with Crippen LogP contribution in [0.1, 0.15) is 19.8 Å². The number of amides is 2. The van der Waals surface area contributed by atoms with E-state index in [0.29, 0.717) is 6.42 Å². The van der Waals surface area contributed by atoms with E-state index < -0.39 is 33.3 Å². The average molecular weight is 338 g/mol. The van der Waals surface area contributed by atoms with E-state index in [2.05, 4.69) is 10.6 Å². The third-order valence-corrected chi connectivity index (χ3v) is 3.78. The summed E-state index contributed by atoms with van der Waals surface area (Å²) >= 11 is 0. The van der Waals surface area contributed by atoms with Gasteiger partial charge in [-0.1, -0.05) is 13.3 Å². The lowest BCUT2D eigenvalue weighted by molar-refractivity contribution is -0.0384. The molecule has 0 aromatic heterocycles. The monoisotopic (exact) mass is 338 g/mol. The van der Waals surface area contributed by atoms with Gasteiger partial charge in [-0.15, -0.1) is 0 Å². The van der Waals surface area contributed by atoms with Crippen LogP contribution in [0.4, 0.5) is 23.7 Å². The summed E-state index contributed by atoms with van der Waals surface area (Å²) in [6.07, 6.45) is 0.688. The lowest BCUT2D eigenvalue weighted by Crippen LogP contribution is -2.35. The van der Waals surface area contributed by atoms with E-state index in [1.807, 2.05) is 6.92 Å². The molecule has 0 aliphatic heterocycles. The molecule has 9 heteroatoms. The summed E-state index contributed by atoms with van der Waals surface area (Å²) in [4.78, 5) is 11.1. The molecule has 3 N–H and O–H groups in total. The molecule has 1 aromatic rings. The fourth-order valence-corrected chi connectivity index (χ4v) is 2.27. The number of carbonyl (C=O) groups is 1. The zero-order valence-corrected chi connectivity index (χ0v) is 12.6. The van der Waals surface area contributed by atoms with Crippen LogP contribution in [-0.4, -0.2) is 33.5 Å². The van der Waals surface area contributed by atoms with Crippen molar-refractivity contribution < 1.29 is 27.3 Å². The first-order valence-electron chi connectivity index (χ1n) is 6.55. The number of halogens is 3. The van der Waals surface area contributed by atoms with Crippen molar-refractivity contribution in [1.29, 1.82) is 0 Å². The first-order valence-corrected chi connectivity index (χ1v) is 7.70. The maximum absolute atomic E-state index is 12.3. The minimum absolute atomic E-state index is 0.0792. The van der Waals surface area contributed by atoms with E-state index >= 15 is 0 Å². The Balaban J connectivity index is 2.54. The Kier molecular flexibility index (Phi) is 6.82. The molecule has 2 unspecified atom stereocenters. The van der Waals surface area contributed by atoms with Crippen LogP contribution in [0, 0.1) is 0 Å². The maximum Gasteiger partial charge on any atom is 0.475 e. The molecule has 0 aliphatic rings. The maximum atomic E-state index is 12.3. The molecule has 2 atom stereocenters. The molecule has 124 valence electrons. The van der Waals surface area contributed by atoms with Crippen LogP contribution in [0.25, 0.3) is 0 Å². The lowest BCUT2D eigenvalue weighted by atomic mass is 10.2. The normalized spacial score (nSPS) is 14.2. The highest BCUT2D eigenvalue weighted by Crippen LogP contribution is 2.26. The molecule has 0 spiro atoms. The topological polar surface area (TPSA) is 78.4 Å². The number of hydrogen-bond acceptors (Lipinski definition) is 3. The van der Waals surface area contributed by atoms with Gasteiger partial charge in [-0.2, -0.15) is 13.2 Å². The number of carbonyl (C=O) groups excluding carboxylic acids is 1. The van der Waals surface area contributed by atoms with E-state index in [1.54, 1.807) is 0 Å². The average Bonchev–Trinajstić information content (AvgIpc) is 2.44. The molecule has 0 heterocycles. The standard InChI is InChI=1S/C13H17F3N2O3S/c1-2-3-10(19)8-17-12(20)18-9-4-6-11(7-5-9)22(21)13(14,15)16/h4-7,10,19H,2-3,8H2,1H3,(H2,17,18,20). The number of urea groups is 1. The predicted octanol–water partition coefficient (Wildman–Crippen LogP) is 2.60. The molecule has 22 heavy (non-hydrogen) atoms. The summed E-state index contributed by atoms with van der Waals surface area (Å²) in [7, 11) is -3.10. The number of rotatable bonds is 6. The van der Waals surface area contributed by atoms with Gasteiger partial charge in [0.25, 0.3) is 0 Å². The van der Waals surface area contributed by atoms with Crippen LogP contribution in [0.5, 0.6) is 0 Å². The van der Waals surface area contributed by atoms with E-state index in [9.17, 15) is 27.3 Å². The van der Waals surface area contributed by atoms with Gasteiger partial charge in [0.05, 0.1) is 6.10 Å². The molecule has 0 aliphatic carbocycles. The third-order valence-electron chi connectivity index (χ3n) is 2.66. The Labute approximate surface area is 128 Å². The first-order chi connectivity index (χ1) is 10.2. The summed E-state index contributed by atoms with van der Waals surface area (Å²) in [5.74, 6) is 0. The summed E-state index contributed by atoms with van der Waals surface area (Å²) < 4.78 is 47.9. The van der Waals surface area contributed by atoms with Gasteiger partial charge in [-0.3, -0.25) is 0 Å². The number of nitrogens with one attached hydrogen (secondary N) is 2. The summed E-state index contributed by atoms with van der Waals surface area (Å²) in [6, 6.07) is 3.93. The molecule has 1 aromatic carbocycles. The summed E-state index contributed by atoms with van der Waals surface area (Å²) in [5.41, 5.74) is -4.56. The number of benzene rings is 1. The molecule has 0 bridgehead atoms. The van der Waals surface area contributed by atoms with Crippen molar-refractivity contribution in [2.24, 2.45) is 0 Å². The Hall–Kier alpha value is -1.61. The Bertz CT molecular complexity index is 520. The van der Waals surface area contributed by atoms with Gasteiger partial charge in [0.2, 0.25) is 0 Å². The van der Waals surface area contributed by atoms with Crippen molar-refractivity contribution in [3.8, 4) is 0 Å². The second kappa shape index (κ2) is 8.14. The van der Waals surface area contributed by atoms with Crippen LogP contribution >= 0.6 is 0 Å². The number of aliphatic hydroxyl groups is 1. The molecule has 5 nitrogen and oxygen atoms in total. The molecule has 0 saturated carbocycles. The van der Waals surface area contributed by atoms with Gasteiger partial charge >= 0.3 is 11.5 Å². The molecular formula is C13H17F3N2O3S. The third kappa shape index (κ3) is 6.02. The summed E-state index contributed by atoms with van der Waals surface area (Å²) in [6.45, 7) is 1.98. The van der Waals surface area contributed by atoms with Crippen LogP contribution in [0.3, 0.4) is 0 Å². The first kappa shape index (κ1) is 18.4. The van der Waals surface area contributed by atoms with Crippen LogP contribution < -0.4 is 10.6 Å². The smallest absolute Gasteiger partial charge is 0.391 e. The fourth-order valence-electron chi connectivity index (χ4n) is 1.62. The minimum Gasteiger partial charge on any atom is -0.391 e. The molecular weight excluding hydrogens is 321 g/mol. The second-order valence-electron chi connectivity index (χ2n) is 4.52.